The van der Waals surface area contributed by atoms with Crippen LogP contribution in [0.2, 0.25) is 0 Å². The van der Waals surface area contributed by atoms with Gasteiger partial charge in [-0.15, -0.1) is 11.3 Å². The number of rotatable bonds is 6. The Labute approximate surface area is 185 Å². The van der Waals surface area contributed by atoms with Gasteiger partial charge in [-0.1, -0.05) is 30.3 Å². The fourth-order valence-corrected chi connectivity index (χ4v) is 4.89. The number of ether oxygens (including phenoxy) is 1. The molecule has 0 aliphatic carbocycles. The van der Waals surface area contributed by atoms with Crippen molar-refractivity contribution in [1.29, 1.82) is 0 Å². The van der Waals surface area contributed by atoms with Crippen LogP contribution in [-0.2, 0) is 17.7 Å². The normalized spacial score (nSPS) is 14.1. The van der Waals surface area contributed by atoms with Crippen LogP contribution in [0.4, 0.5) is 11.4 Å². The fourth-order valence-electron chi connectivity index (χ4n) is 4.06. The molecule has 0 spiro atoms. The van der Waals surface area contributed by atoms with Crippen LogP contribution in [0.5, 0.6) is 0 Å². The molecule has 1 saturated heterocycles. The van der Waals surface area contributed by atoms with Crippen molar-refractivity contribution in [2.75, 3.05) is 36.5 Å². The number of hydrogen-bond acceptors (Lipinski definition) is 4. The fraction of sp³-hybridized carbons (Fsp3) is 0.240. The molecule has 0 atom stereocenters. The molecule has 2 aromatic carbocycles. The van der Waals surface area contributed by atoms with Crippen LogP contribution in [0.3, 0.4) is 0 Å². The zero-order chi connectivity index (χ0) is 21.0. The number of fused-ring (bicyclic) bond motifs is 1. The van der Waals surface area contributed by atoms with E-state index in [4.69, 9.17) is 4.74 Å². The van der Waals surface area contributed by atoms with Gasteiger partial charge in [-0.2, -0.15) is 0 Å². The molecule has 1 aliphatic heterocycles. The second kappa shape index (κ2) is 8.96. The molecule has 4 aromatic rings. The van der Waals surface area contributed by atoms with E-state index in [0.717, 1.165) is 60.9 Å². The SMILES string of the molecule is O=C(Nc1ccc(N2CCOCC2)cc1)c1cc2sccc2n1CCc1ccccc1. The van der Waals surface area contributed by atoms with Crippen molar-refractivity contribution in [3.8, 4) is 0 Å². The number of nitrogens with zero attached hydrogens (tertiary/aromatic N) is 2. The second-order valence-corrected chi connectivity index (χ2v) is 8.64. The second-order valence-electron chi connectivity index (χ2n) is 7.69. The zero-order valence-corrected chi connectivity index (χ0v) is 18.1. The first-order chi connectivity index (χ1) is 15.3. The number of hydrogen-bond donors (Lipinski definition) is 1. The summed E-state index contributed by atoms with van der Waals surface area (Å²) in [6.45, 7) is 4.09. The van der Waals surface area contributed by atoms with Gasteiger partial charge in [-0.05, 0) is 53.8 Å². The number of aryl methyl sites for hydroxylation is 2. The van der Waals surface area contributed by atoms with Crippen LogP contribution in [-0.4, -0.2) is 36.8 Å². The highest BCUT2D eigenvalue weighted by atomic mass is 32.1. The van der Waals surface area contributed by atoms with Crippen molar-refractivity contribution in [3.05, 3.63) is 83.4 Å². The minimum Gasteiger partial charge on any atom is -0.378 e. The highest BCUT2D eigenvalue weighted by molar-refractivity contribution is 7.17. The first-order valence-electron chi connectivity index (χ1n) is 10.6. The molecule has 158 valence electrons. The molecule has 0 unspecified atom stereocenters. The van der Waals surface area contributed by atoms with Crippen molar-refractivity contribution in [2.45, 2.75) is 13.0 Å². The molecule has 0 bridgehead atoms. The lowest BCUT2D eigenvalue weighted by molar-refractivity contribution is 0.101. The van der Waals surface area contributed by atoms with Gasteiger partial charge < -0.3 is 19.5 Å². The van der Waals surface area contributed by atoms with Gasteiger partial charge in [0.05, 0.1) is 23.4 Å². The molecule has 2 aromatic heterocycles. The van der Waals surface area contributed by atoms with Crippen molar-refractivity contribution in [2.24, 2.45) is 0 Å². The number of morpholine rings is 1. The van der Waals surface area contributed by atoms with Crippen molar-refractivity contribution in [1.82, 2.24) is 4.57 Å². The summed E-state index contributed by atoms with van der Waals surface area (Å²) >= 11 is 1.67. The lowest BCUT2D eigenvalue weighted by atomic mass is 10.1. The Morgan fingerprint density at radius 3 is 2.55 bits per heavy atom. The maximum Gasteiger partial charge on any atom is 0.272 e. The maximum atomic E-state index is 13.1. The summed E-state index contributed by atoms with van der Waals surface area (Å²) in [6, 6.07) is 22.6. The average Bonchev–Trinajstić information content (AvgIpc) is 3.41. The Morgan fingerprint density at radius 1 is 1.00 bits per heavy atom. The molecule has 5 rings (SSSR count). The molecule has 1 aliphatic rings. The molecule has 1 amide bonds. The topological polar surface area (TPSA) is 46.5 Å². The van der Waals surface area contributed by atoms with E-state index < -0.39 is 0 Å². The Kier molecular flexibility index (Phi) is 5.74. The number of benzene rings is 2. The summed E-state index contributed by atoms with van der Waals surface area (Å²) in [5.74, 6) is -0.0735. The van der Waals surface area contributed by atoms with E-state index in [1.54, 1.807) is 11.3 Å². The van der Waals surface area contributed by atoms with E-state index in [1.807, 2.05) is 24.3 Å². The van der Waals surface area contributed by atoms with Gasteiger partial charge in [-0.3, -0.25) is 4.79 Å². The minimum atomic E-state index is -0.0735. The Bertz CT molecular complexity index is 1160. The molecule has 6 heteroatoms. The summed E-state index contributed by atoms with van der Waals surface area (Å²) in [5, 5.41) is 5.16. The summed E-state index contributed by atoms with van der Waals surface area (Å²) < 4.78 is 8.70. The molecular formula is C25H25N3O2S. The Hall–Kier alpha value is -3.09. The van der Waals surface area contributed by atoms with Crippen LogP contribution in [0, 0.1) is 0 Å². The largest absolute Gasteiger partial charge is 0.378 e. The number of carbonyl (C=O) groups is 1. The predicted octanol–water partition coefficient (Wildman–Crippen LogP) is 5.03. The van der Waals surface area contributed by atoms with E-state index in [2.05, 4.69) is 62.6 Å². The van der Waals surface area contributed by atoms with Crippen LogP contribution < -0.4 is 10.2 Å². The maximum absolute atomic E-state index is 13.1. The molecule has 5 nitrogen and oxygen atoms in total. The summed E-state index contributed by atoms with van der Waals surface area (Å²) in [4.78, 5) is 15.4. The van der Waals surface area contributed by atoms with Gasteiger partial charge in [0.2, 0.25) is 0 Å². The number of aromatic nitrogens is 1. The van der Waals surface area contributed by atoms with Crippen LogP contribution in [0.15, 0.2) is 72.1 Å². The summed E-state index contributed by atoms with van der Waals surface area (Å²) in [7, 11) is 0. The quantitative estimate of drug-likeness (QED) is 0.466. The number of thiophene rings is 1. The number of nitrogens with one attached hydrogen (secondary N) is 1. The van der Waals surface area contributed by atoms with E-state index in [-0.39, 0.29) is 5.91 Å². The lowest BCUT2D eigenvalue weighted by Gasteiger charge is -2.28. The monoisotopic (exact) mass is 431 g/mol. The van der Waals surface area contributed by atoms with E-state index >= 15 is 0 Å². The average molecular weight is 432 g/mol. The van der Waals surface area contributed by atoms with Crippen molar-refractivity contribution >= 4 is 38.8 Å². The van der Waals surface area contributed by atoms with Gasteiger partial charge >= 0.3 is 0 Å². The molecule has 0 saturated carbocycles. The first-order valence-corrected chi connectivity index (χ1v) is 11.5. The molecule has 1 N–H and O–H groups in total. The third-order valence-electron chi connectivity index (χ3n) is 5.72. The third-order valence-corrected chi connectivity index (χ3v) is 6.58. The predicted molar refractivity (Wildman–Crippen MR) is 127 cm³/mol. The third kappa shape index (κ3) is 4.36. The summed E-state index contributed by atoms with van der Waals surface area (Å²) in [5.41, 5.74) is 5.06. The van der Waals surface area contributed by atoms with Gasteiger partial charge in [0, 0.05) is 31.0 Å². The molecule has 0 radical (unpaired) electrons. The molecule has 31 heavy (non-hydrogen) atoms. The number of amides is 1. The van der Waals surface area contributed by atoms with E-state index in [9.17, 15) is 4.79 Å². The van der Waals surface area contributed by atoms with Gasteiger partial charge in [0.1, 0.15) is 5.69 Å². The standard InChI is InChI=1S/C25H25N3O2S/c29-25(26-20-6-8-21(9-7-20)27-13-15-30-16-14-27)23-18-24-22(11-17-31-24)28(23)12-10-19-4-2-1-3-5-19/h1-9,11,17-18H,10,12-16H2,(H,26,29). The Balaban J connectivity index is 1.33. The number of anilines is 2. The van der Waals surface area contributed by atoms with Crippen molar-refractivity contribution < 1.29 is 9.53 Å². The number of carbonyl (C=O) groups excluding carboxylic acids is 1. The lowest BCUT2D eigenvalue weighted by Crippen LogP contribution is -2.36. The van der Waals surface area contributed by atoms with Gasteiger partial charge in [0.25, 0.3) is 5.91 Å². The van der Waals surface area contributed by atoms with Gasteiger partial charge in [0.15, 0.2) is 0 Å². The van der Waals surface area contributed by atoms with Crippen LogP contribution >= 0.6 is 11.3 Å². The van der Waals surface area contributed by atoms with Crippen LogP contribution in [0.25, 0.3) is 10.2 Å². The van der Waals surface area contributed by atoms with Crippen LogP contribution in [0.1, 0.15) is 16.1 Å². The highest BCUT2D eigenvalue weighted by Crippen LogP contribution is 2.27. The summed E-state index contributed by atoms with van der Waals surface area (Å²) in [6.07, 6.45) is 0.884. The van der Waals surface area contributed by atoms with Crippen molar-refractivity contribution in [3.63, 3.8) is 0 Å². The first kappa shape index (κ1) is 19.8. The highest BCUT2D eigenvalue weighted by Gasteiger charge is 2.17. The zero-order valence-electron chi connectivity index (χ0n) is 17.3. The van der Waals surface area contributed by atoms with Gasteiger partial charge in [-0.25, -0.2) is 0 Å². The van der Waals surface area contributed by atoms with E-state index in [1.165, 1.54) is 5.56 Å². The molecule has 3 heterocycles. The Morgan fingerprint density at radius 2 is 1.77 bits per heavy atom. The molecule has 1 fully saturated rings. The smallest absolute Gasteiger partial charge is 0.272 e. The molecular weight excluding hydrogens is 406 g/mol. The van der Waals surface area contributed by atoms with E-state index in [0.29, 0.717) is 5.69 Å². The minimum absolute atomic E-state index is 0.0735.